The largest absolute Gasteiger partial charge is 0.396 e. The molecule has 1 aromatic carbocycles. The van der Waals surface area contributed by atoms with E-state index in [1.807, 2.05) is 0 Å². The summed E-state index contributed by atoms with van der Waals surface area (Å²) in [5.41, 5.74) is 10.5. The minimum absolute atomic E-state index is 0.0968. The molecule has 0 aromatic heterocycles. The third kappa shape index (κ3) is 3.99. The van der Waals surface area contributed by atoms with E-state index in [0.29, 0.717) is 17.4 Å². The number of hydrogen-bond donors (Lipinski definition) is 3. The SMILES string of the molecule is NC(=O)CCCNC(=O)c1cc(N)c(F)cc1Br. The van der Waals surface area contributed by atoms with Crippen molar-refractivity contribution in [1.29, 1.82) is 0 Å². The van der Waals surface area contributed by atoms with E-state index >= 15 is 0 Å². The monoisotopic (exact) mass is 317 g/mol. The maximum atomic E-state index is 13.1. The summed E-state index contributed by atoms with van der Waals surface area (Å²) in [5.74, 6) is -1.40. The van der Waals surface area contributed by atoms with Crippen LogP contribution in [0.25, 0.3) is 0 Å². The summed E-state index contributed by atoms with van der Waals surface area (Å²) in [6, 6.07) is 2.39. The van der Waals surface area contributed by atoms with E-state index in [1.54, 1.807) is 0 Å². The summed E-state index contributed by atoms with van der Waals surface area (Å²) in [6.45, 7) is 0.311. The van der Waals surface area contributed by atoms with Gasteiger partial charge in [-0.05, 0) is 34.5 Å². The molecule has 0 radical (unpaired) electrons. The molecule has 0 spiro atoms. The van der Waals surface area contributed by atoms with E-state index < -0.39 is 17.6 Å². The van der Waals surface area contributed by atoms with Gasteiger partial charge in [0.05, 0.1) is 11.3 Å². The molecule has 0 saturated carbocycles. The maximum Gasteiger partial charge on any atom is 0.252 e. The molecule has 0 heterocycles. The van der Waals surface area contributed by atoms with Crippen LogP contribution in [0.4, 0.5) is 10.1 Å². The lowest BCUT2D eigenvalue weighted by molar-refractivity contribution is -0.118. The molecular formula is C11H13BrFN3O2. The lowest BCUT2D eigenvalue weighted by Crippen LogP contribution is -2.26. The molecule has 0 unspecified atom stereocenters. The first-order valence-corrected chi connectivity index (χ1v) is 6.02. The predicted octanol–water partition coefficient (Wildman–Crippen LogP) is 1.17. The minimum Gasteiger partial charge on any atom is -0.396 e. The number of nitrogen functional groups attached to an aromatic ring is 1. The van der Waals surface area contributed by atoms with Gasteiger partial charge in [0.15, 0.2) is 0 Å². The van der Waals surface area contributed by atoms with Crippen LogP contribution in [0.2, 0.25) is 0 Å². The van der Waals surface area contributed by atoms with Crippen molar-refractivity contribution in [2.75, 3.05) is 12.3 Å². The Morgan fingerprint density at radius 3 is 2.67 bits per heavy atom. The highest BCUT2D eigenvalue weighted by atomic mass is 79.9. The first-order valence-electron chi connectivity index (χ1n) is 5.23. The fraction of sp³-hybridized carbons (Fsp3) is 0.273. The van der Waals surface area contributed by atoms with Crippen molar-refractivity contribution in [2.45, 2.75) is 12.8 Å². The zero-order valence-corrected chi connectivity index (χ0v) is 11.1. The number of rotatable bonds is 5. The zero-order chi connectivity index (χ0) is 13.7. The summed E-state index contributed by atoms with van der Waals surface area (Å²) < 4.78 is 13.4. The molecule has 2 amide bonds. The fourth-order valence-electron chi connectivity index (χ4n) is 1.30. The van der Waals surface area contributed by atoms with Crippen molar-refractivity contribution < 1.29 is 14.0 Å². The molecule has 0 bridgehead atoms. The number of primary amides is 1. The van der Waals surface area contributed by atoms with E-state index in [2.05, 4.69) is 21.2 Å². The Labute approximate surface area is 112 Å². The van der Waals surface area contributed by atoms with Gasteiger partial charge < -0.3 is 16.8 Å². The standard InChI is InChI=1S/C11H13BrFN3O2/c12-7-5-8(13)9(14)4-6(7)11(18)16-3-1-2-10(15)17/h4-5H,1-3,14H2,(H2,15,17)(H,16,18). The van der Waals surface area contributed by atoms with Gasteiger partial charge in [-0.15, -0.1) is 0 Å². The van der Waals surface area contributed by atoms with Crippen LogP contribution < -0.4 is 16.8 Å². The van der Waals surface area contributed by atoms with Crippen LogP contribution >= 0.6 is 15.9 Å². The Morgan fingerprint density at radius 2 is 2.06 bits per heavy atom. The zero-order valence-electron chi connectivity index (χ0n) is 9.50. The van der Waals surface area contributed by atoms with Gasteiger partial charge in [-0.1, -0.05) is 0 Å². The highest BCUT2D eigenvalue weighted by Crippen LogP contribution is 2.22. The third-order valence-electron chi connectivity index (χ3n) is 2.22. The second-order valence-corrected chi connectivity index (χ2v) is 4.53. The fourth-order valence-corrected chi connectivity index (χ4v) is 1.80. The third-order valence-corrected chi connectivity index (χ3v) is 2.87. The average Bonchev–Trinajstić information content (AvgIpc) is 2.28. The smallest absolute Gasteiger partial charge is 0.252 e. The second kappa shape index (κ2) is 6.34. The van der Waals surface area contributed by atoms with Crippen molar-refractivity contribution in [3.63, 3.8) is 0 Å². The molecular weight excluding hydrogens is 305 g/mol. The van der Waals surface area contributed by atoms with E-state index in [-0.39, 0.29) is 17.7 Å². The Morgan fingerprint density at radius 1 is 1.39 bits per heavy atom. The highest BCUT2D eigenvalue weighted by Gasteiger charge is 2.12. The molecule has 1 aromatic rings. The Kier molecular flexibility index (Phi) is 5.08. The van der Waals surface area contributed by atoms with Crippen molar-refractivity contribution >= 4 is 33.4 Å². The number of anilines is 1. The second-order valence-electron chi connectivity index (χ2n) is 3.68. The Balaban J connectivity index is 2.62. The van der Waals surface area contributed by atoms with E-state index in [9.17, 15) is 14.0 Å². The van der Waals surface area contributed by atoms with Gasteiger partial charge in [-0.3, -0.25) is 9.59 Å². The first-order chi connectivity index (χ1) is 8.41. The summed E-state index contributed by atoms with van der Waals surface area (Å²) >= 11 is 3.08. The molecule has 0 saturated heterocycles. The topological polar surface area (TPSA) is 98.2 Å². The average molecular weight is 318 g/mol. The van der Waals surface area contributed by atoms with Gasteiger partial charge in [0.25, 0.3) is 5.91 Å². The molecule has 7 heteroatoms. The first kappa shape index (κ1) is 14.4. The molecule has 5 N–H and O–H groups in total. The summed E-state index contributed by atoms with van der Waals surface area (Å²) in [5, 5.41) is 2.59. The number of benzene rings is 1. The molecule has 0 aliphatic heterocycles. The maximum absolute atomic E-state index is 13.1. The van der Waals surface area contributed by atoms with Crippen LogP contribution in [0.3, 0.4) is 0 Å². The predicted molar refractivity (Wildman–Crippen MR) is 69.3 cm³/mol. The van der Waals surface area contributed by atoms with E-state index in [0.717, 1.165) is 6.07 Å². The number of carbonyl (C=O) groups is 2. The van der Waals surface area contributed by atoms with Crippen molar-refractivity contribution in [1.82, 2.24) is 5.32 Å². The number of amides is 2. The van der Waals surface area contributed by atoms with Crippen LogP contribution in [0.5, 0.6) is 0 Å². The van der Waals surface area contributed by atoms with E-state index in [1.165, 1.54) is 6.07 Å². The molecule has 18 heavy (non-hydrogen) atoms. The van der Waals surface area contributed by atoms with Crippen LogP contribution in [0.15, 0.2) is 16.6 Å². The molecule has 1 rings (SSSR count). The van der Waals surface area contributed by atoms with Gasteiger partial charge in [0.1, 0.15) is 5.82 Å². The molecule has 0 aliphatic rings. The summed E-state index contributed by atoms with van der Waals surface area (Å²) in [7, 11) is 0. The Hall–Kier alpha value is -1.63. The lowest BCUT2D eigenvalue weighted by Gasteiger charge is -2.07. The lowest BCUT2D eigenvalue weighted by atomic mass is 10.2. The van der Waals surface area contributed by atoms with Crippen molar-refractivity contribution in [2.24, 2.45) is 5.73 Å². The van der Waals surface area contributed by atoms with Gasteiger partial charge in [-0.25, -0.2) is 4.39 Å². The normalized spacial score (nSPS) is 10.1. The van der Waals surface area contributed by atoms with Crippen LogP contribution in [0.1, 0.15) is 23.2 Å². The molecule has 0 aliphatic carbocycles. The number of carbonyl (C=O) groups excluding carboxylic acids is 2. The number of nitrogens with one attached hydrogen (secondary N) is 1. The summed E-state index contributed by atoms with van der Waals surface area (Å²) in [4.78, 5) is 22.2. The van der Waals surface area contributed by atoms with E-state index in [4.69, 9.17) is 11.5 Å². The Bertz CT molecular complexity index is 480. The summed E-state index contributed by atoms with van der Waals surface area (Å²) in [6.07, 6.45) is 0.655. The van der Waals surface area contributed by atoms with Gasteiger partial charge in [0.2, 0.25) is 5.91 Å². The van der Waals surface area contributed by atoms with Gasteiger partial charge >= 0.3 is 0 Å². The quantitative estimate of drug-likeness (QED) is 0.561. The van der Waals surface area contributed by atoms with Crippen molar-refractivity contribution in [3.8, 4) is 0 Å². The number of hydrogen-bond acceptors (Lipinski definition) is 3. The van der Waals surface area contributed by atoms with Crippen molar-refractivity contribution in [3.05, 3.63) is 28.0 Å². The minimum atomic E-state index is -0.591. The van der Waals surface area contributed by atoms with Crippen LogP contribution in [0, 0.1) is 5.82 Å². The molecule has 5 nitrogen and oxygen atoms in total. The number of halogens is 2. The van der Waals surface area contributed by atoms with Gasteiger partial charge in [-0.2, -0.15) is 0 Å². The van der Waals surface area contributed by atoms with Gasteiger partial charge in [0, 0.05) is 17.4 Å². The molecule has 98 valence electrons. The highest BCUT2D eigenvalue weighted by molar-refractivity contribution is 9.10. The number of nitrogens with two attached hydrogens (primary N) is 2. The van der Waals surface area contributed by atoms with Crippen LogP contribution in [-0.2, 0) is 4.79 Å². The molecule has 0 fully saturated rings. The molecule has 0 atom stereocenters. The van der Waals surface area contributed by atoms with Crippen LogP contribution in [-0.4, -0.2) is 18.4 Å².